The van der Waals surface area contributed by atoms with Crippen molar-refractivity contribution < 1.29 is 14.3 Å². The van der Waals surface area contributed by atoms with Gasteiger partial charge in [-0.3, -0.25) is 9.59 Å². The van der Waals surface area contributed by atoms with Crippen molar-refractivity contribution >= 4 is 11.9 Å². The van der Waals surface area contributed by atoms with Crippen LogP contribution in [0.2, 0.25) is 0 Å². The summed E-state index contributed by atoms with van der Waals surface area (Å²) in [5.74, 6) is -1.35. The Morgan fingerprint density at radius 1 is 1.30 bits per heavy atom. The summed E-state index contributed by atoms with van der Waals surface area (Å²) < 4.78 is 4.23. The first-order valence-electron chi connectivity index (χ1n) is 2.92. The zero-order valence-electron chi connectivity index (χ0n) is 6.43. The highest BCUT2D eigenvalue weighted by Crippen LogP contribution is 2.14. The maximum absolute atomic E-state index is 10.8. The Balaban J connectivity index is 3.99. The first-order valence-corrected chi connectivity index (χ1v) is 2.92. The van der Waals surface area contributed by atoms with Crippen LogP contribution in [0.15, 0.2) is 0 Å². The van der Waals surface area contributed by atoms with Gasteiger partial charge in [-0.1, -0.05) is 0 Å². The van der Waals surface area contributed by atoms with E-state index >= 15 is 0 Å². The lowest BCUT2D eigenvalue weighted by atomic mass is 9.97. The van der Waals surface area contributed by atoms with Crippen LogP contribution in [0, 0.1) is 12.3 Å². The molecule has 0 rings (SSSR count). The summed E-state index contributed by atoms with van der Waals surface area (Å²) in [6.45, 7) is 7.90. The van der Waals surface area contributed by atoms with Crippen LogP contribution >= 0.6 is 0 Å². The van der Waals surface area contributed by atoms with Crippen molar-refractivity contribution in [3.8, 4) is 0 Å². The number of carbonyl (C=O) groups excluding carboxylic acids is 2. The maximum Gasteiger partial charge on any atom is 0.318 e. The van der Waals surface area contributed by atoms with Crippen LogP contribution in [0.1, 0.15) is 20.8 Å². The van der Waals surface area contributed by atoms with Crippen molar-refractivity contribution in [2.24, 2.45) is 5.41 Å². The van der Waals surface area contributed by atoms with Crippen molar-refractivity contribution in [1.29, 1.82) is 0 Å². The molecule has 0 amide bonds. The third-order valence-corrected chi connectivity index (χ3v) is 0.819. The van der Waals surface area contributed by atoms with E-state index in [1.165, 1.54) is 0 Å². The molecule has 0 aromatic heterocycles. The van der Waals surface area contributed by atoms with E-state index in [1.807, 2.05) is 0 Å². The second kappa shape index (κ2) is 2.82. The standard InChI is InChI=1S/C7H11O3/c1-5(8)10-6(9)7(2,3)4/h1H2,2-4H3. The zero-order chi connectivity index (χ0) is 8.36. The molecule has 0 spiro atoms. The first-order chi connectivity index (χ1) is 4.34. The number of rotatable bonds is 0. The van der Waals surface area contributed by atoms with Gasteiger partial charge in [0.05, 0.1) is 12.3 Å². The molecule has 57 valence electrons. The molecule has 10 heavy (non-hydrogen) atoms. The van der Waals surface area contributed by atoms with E-state index < -0.39 is 17.4 Å². The van der Waals surface area contributed by atoms with E-state index in [0.29, 0.717) is 0 Å². The van der Waals surface area contributed by atoms with Gasteiger partial charge >= 0.3 is 11.9 Å². The predicted octanol–water partition coefficient (Wildman–Crippen LogP) is 0.936. The van der Waals surface area contributed by atoms with Crippen molar-refractivity contribution in [2.45, 2.75) is 20.8 Å². The summed E-state index contributed by atoms with van der Waals surface area (Å²) >= 11 is 0. The highest BCUT2D eigenvalue weighted by Gasteiger charge is 2.24. The minimum atomic E-state index is -0.806. The van der Waals surface area contributed by atoms with Gasteiger partial charge in [0.15, 0.2) is 0 Å². The molecule has 0 saturated carbocycles. The van der Waals surface area contributed by atoms with Gasteiger partial charge in [-0.05, 0) is 20.8 Å². The normalized spacial score (nSPS) is 10.8. The Hall–Kier alpha value is -0.860. The van der Waals surface area contributed by atoms with Crippen molar-refractivity contribution in [3.05, 3.63) is 6.92 Å². The Morgan fingerprint density at radius 3 is 1.80 bits per heavy atom. The van der Waals surface area contributed by atoms with Gasteiger partial charge in [-0.2, -0.15) is 0 Å². The molecule has 0 N–H and O–H groups in total. The summed E-state index contributed by atoms with van der Waals surface area (Å²) in [6.07, 6.45) is 0. The predicted molar refractivity (Wildman–Crippen MR) is 35.9 cm³/mol. The molecule has 0 bridgehead atoms. The zero-order valence-corrected chi connectivity index (χ0v) is 6.43. The second-order valence-corrected chi connectivity index (χ2v) is 3.01. The van der Waals surface area contributed by atoms with Gasteiger partial charge in [-0.15, -0.1) is 0 Å². The van der Waals surface area contributed by atoms with Crippen molar-refractivity contribution in [2.75, 3.05) is 0 Å². The van der Waals surface area contributed by atoms with E-state index in [2.05, 4.69) is 11.7 Å². The molecule has 3 heteroatoms. The quantitative estimate of drug-likeness (QED) is 0.374. The molecule has 0 atom stereocenters. The average Bonchev–Trinajstić information content (AvgIpc) is 1.60. The van der Waals surface area contributed by atoms with Crippen molar-refractivity contribution in [3.63, 3.8) is 0 Å². The van der Waals surface area contributed by atoms with Gasteiger partial charge in [0.25, 0.3) is 0 Å². The van der Waals surface area contributed by atoms with Crippen LogP contribution in [0.4, 0.5) is 0 Å². The van der Waals surface area contributed by atoms with Crippen LogP contribution < -0.4 is 0 Å². The maximum atomic E-state index is 10.8. The summed E-state index contributed by atoms with van der Waals surface area (Å²) in [4.78, 5) is 20.9. The lowest BCUT2D eigenvalue weighted by molar-refractivity contribution is -0.162. The van der Waals surface area contributed by atoms with E-state index in [9.17, 15) is 9.59 Å². The van der Waals surface area contributed by atoms with E-state index in [1.54, 1.807) is 20.8 Å². The topological polar surface area (TPSA) is 43.4 Å². The number of carbonyl (C=O) groups is 2. The van der Waals surface area contributed by atoms with Crippen LogP contribution in [0.5, 0.6) is 0 Å². The van der Waals surface area contributed by atoms with Gasteiger partial charge in [0.2, 0.25) is 0 Å². The largest absolute Gasteiger partial charge is 0.393 e. The SMILES string of the molecule is [CH2]C(=O)OC(=O)C(C)(C)C. The number of ether oxygens (including phenoxy) is 1. The minimum Gasteiger partial charge on any atom is -0.393 e. The number of hydrogen-bond donors (Lipinski definition) is 0. The average molecular weight is 143 g/mol. The molecule has 1 radical (unpaired) electrons. The lowest BCUT2D eigenvalue weighted by Gasteiger charge is -2.13. The summed E-state index contributed by atoms with van der Waals surface area (Å²) in [6, 6.07) is 0. The Bertz CT molecular complexity index is 153. The minimum absolute atomic E-state index is 0.549. The van der Waals surface area contributed by atoms with Crippen LogP contribution in [-0.4, -0.2) is 11.9 Å². The molecule has 0 aliphatic carbocycles. The fourth-order valence-corrected chi connectivity index (χ4v) is 0.256. The highest BCUT2D eigenvalue weighted by atomic mass is 16.6. The molecular weight excluding hydrogens is 132 g/mol. The molecule has 0 saturated heterocycles. The van der Waals surface area contributed by atoms with Crippen LogP contribution in [0.3, 0.4) is 0 Å². The monoisotopic (exact) mass is 143 g/mol. The fraction of sp³-hybridized carbons (Fsp3) is 0.571. The summed E-state index contributed by atoms with van der Waals surface area (Å²) in [5.41, 5.74) is -0.632. The molecule has 0 aliphatic heterocycles. The van der Waals surface area contributed by atoms with Gasteiger partial charge in [0.1, 0.15) is 0 Å². The van der Waals surface area contributed by atoms with Gasteiger partial charge in [-0.25, -0.2) is 0 Å². The second-order valence-electron chi connectivity index (χ2n) is 3.01. The fourth-order valence-electron chi connectivity index (χ4n) is 0.256. The summed E-state index contributed by atoms with van der Waals surface area (Å²) in [7, 11) is 0. The molecular formula is C7H11O3. The highest BCUT2D eigenvalue weighted by molar-refractivity contribution is 5.89. The number of esters is 2. The molecule has 0 heterocycles. The summed E-state index contributed by atoms with van der Waals surface area (Å²) in [5, 5.41) is 0. The third-order valence-electron chi connectivity index (χ3n) is 0.819. The Kier molecular flexibility index (Phi) is 2.57. The third kappa shape index (κ3) is 3.22. The van der Waals surface area contributed by atoms with Gasteiger partial charge < -0.3 is 4.74 Å². The molecule has 0 aliphatic rings. The van der Waals surface area contributed by atoms with E-state index in [-0.39, 0.29) is 0 Å². The Morgan fingerprint density at radius 2 is 1.70 bits per heavy atom. The molecule has 0 unspecified atom stereocenters. The van der Waals surface area contributed by atoms with Gasteiger partial charge in [0, 0.05) is 0 Å². The molecule has 0 aromatic rings. The first kappa shape index (κ1) is 9.14. The molecule has 3 nitrogen and oxygen atoms in total. The lowest BCUT2D eigenvalue weighted by Crippen LogP contribution is -2.24. The van der Waals surface area contributed by atoms with E-state index in [4.69, 9.17) is 0 Å². The molecule has 0 aromatic carbocycles. The van der Waals surface area contributed by atoms with Crippen LogP contribution in [0.25, 0.3) is 0 Å². The number of hydrogen-bond acceptors (Lipinski definition) is 3. The van der Waals surface area contributed by atoms with E-state index in [0.717, 1.165) is 0 Å². The smallest absolute Gasteiger partial charge is 0.318 e. The molecule has 0 fully saturated rings. The van der Waals surface area contributed by atoms with Crippen LogP contribution in [-0.2, 0) is 14.3 Å². The Labute approximate surface area is 60.4 Å². The van der Waals surface area contributed by atoms with Crippen molar-refractivity contribution in [1.82, 2.24) is 0 Å².